The van der Waals surface area contributed by atoms with E-state index >= 15 is 0 Å². The van der Waals surface area contributed by atoms with Gasteiger partial charge < -0.3 is 10.0 Å². The van der Waals surface area contributed by atoms with E-state index in [1.807, 2.05) is 0 Å². The van der Waals surface area contributed by atoms with E-state index < -0.39 is 44.5 Å². The first-order valence-electron chi connectivity index (χ1n) is 8.92. The van der Waals surface area contributed by atoms with Crippen molar-refractivity contribution in [2.45, 2.75) is 48.5 Å². The summed E-state index contributed by atoms with van der Waals surface area (Å²) in [5.41, 5.74) is 0.145. The highest BCUT2D eigenvalue weighted by molar-refractivity contribution is 7.92. The predicted molar refractivity (Wildman–Crippen MR) is 97.6 cm³/mol. The molecule has 4 rings (SSSR count). The van der Waals surface area contributed by atoms with E-state index in [0.29, 0.717) is 0 Å². The molecular formula is C18H18F4N4O2S. The Kier molecular flexibility index (Phi) is 4.57. The number of halogens is 4. The lowest BCUT2D eigenvalue weighted by molar-refractivity contribution is -0.00603. The van der Waals surface area contributed by atoms with Crippen molar-refractivity contribution < 1.29 is 26.9 Å². The molecule has 2 heterocycles. The Balaban J connectivity index is 1.88. The molecule has 11 heteroatoms. The molecule has 0 spiro atoms. The Morgan fingerprint density at radius 3 is 2.69 bits per heavy atom. The Labute approximate surface area is 164 Å². The number of aromatic nitrogens is 2. The monoisotopic (exact) mass is 430 g/mol. The molecule has 0 saturated carbocycles. The molecule has 29 heavy (non-hydrogen) atoms. The summed E-state index contributed by atoms with van der Waals surface area (Å²) in [4.78, 5) is 9.61. The van der Waals surface area contributed by atoms with Crippen LogP contribution >= 0.6 is 0 Å². The maximum atomic E-state index is 14.4. The van der Waals surface area contributed by atoms with Crippen molar-refractivity contribution in [2.75, 3.05) is 11.4 Å². The standard InChI is InChI=1S/C18H18F4N4O2S/c1-9-13(27)8-26(9)17-24-14(12-5-6-18(21,22)15(12)25-17)10-3-2-4-11(7-10)29(23,28)16(19)20/h2-4,7,9,13,16,23,27H,5-6,8H2,1H3/t9-,13+,29?/m0/s1. The molecule has 1 aromatic carbocycles. The van der Waals surface area contributed by atoms with Crippen molar-refractivity contribution >= 4 is 15.7 Å². The third-order valence-corrected chi connectivity index (χ3v) is 6.88. The zero-order valence-corrected chi connectivity index (χ0v) is 16.1. The molecule has 0 radical (unpaired) electrons. The first kappa shape index (κ1) is 20.0. The minimum absolute atomic E-state index is 0.00541. The lowest BCUT2D eigenvalue weighted by atomic mass is 10.0. The molecule has 2 aromatic rings. The van der Waals surface area contributed by atoms with Gasteiger partial charge in [0, 0.05) is 24.1 Å². The maximum Gasteiger partial charge on any atom is 0.323 e. The van der Waals surface area contributed by atoms with Crippen LogP contribution in [0, 0.1) is 4.78 Å². The van der Waals surface area contributed by atoms with E-state index in [0.717, 1.165) is 12.1 Å². The molecule has 0 amide bonds. The third-order valence-electron chi connectivity index (χ3n) is 5.43. The van der Waals surface area contributed by atoms with E-state index in [2.05, 4.69) is 9.97 Å². The summed E-state index contributed by atoms with van der Waals surface area (Å²) in [6, 6.07) is 4.77. The molecule has 1 saturated heterocycles. The van der Waals surface area contributed by atoms with Crippen molar-refractivity contribution in [3.63, 3.8) is 0 Å². The van der Waals surface area contributed by atoms with Gasteiger partial charge in [0.1, 0.15) is 15.4 Å². The Hall–Kier alpha value is -2.27. The molecule has 1 unspecified atom stereocenters. The van der Waals surface area contributed by atoms with Crippen LogP contribution in [-0.2, 0) is 22.1 Å². The fraction of sp³-hybridized carbons (Fsp3) is 0.444. The molecule has 3 atom stereocenters. The number of rotatable bonds is 4. The molecule has 0 bridgehead atoms. The molecule has 2 aliphatic rings. The maximum absolute atomic E-state index is 14.4. The minimum atomic E-state index is -4.35. The predicted octanol–water partition coefficient (Wildman–Crippen LogP) is 3.38. The highest BCUT2D eigenvalue weighted by Crippen LogP contribution is 2.45. The zero-order chi connectivity index (χ0) is 21.1. The first-order chi connectivity index (χ1) is 13.5. The quantitative estimate of drug-likeness (QED) is 0.726. The van der Waals surface area contributed by atoms with Crippen LogP contribution in [0.25, 0.3) is 11.3 Å². The fourth-order valence-electron chi connectivity index (χ4n) is 3.57. The highest BCUT2D eigenvalue weighted by atomic mass is 32.2. The largest absolute Gasteiger partial charge is 0.389 e. The molecular weight excluding hydrogens is 412 g/mol. The summed E-state index contributed by atoms with van der Waals surface area (Å²) >= 11 is 0. The second-order valence-corrected chi connectivity index (χ2v) is 9.28. The second-order valence-electron chi connectivity index (χ2n) is 7.25. The Morgan fingerprint density at radius 1 is 1.34 bits per heavy atom. The van der Waals surface area contributed by atoms with Crippen molar-refractivity contribution in [3.8, 4) is 11.3 Å². The Morgan fingerprint density at radius 2 is 2.07 bits per heavy atom. The van der Waals surface area contributed by atoms with Gasteiger partial charge in [-0.3, -0.25) is 0 Å². The number of hydrogen-bond acceptors (Lipinski definition) is 6. The van der Waals surface area contributed by atoms with Crippen LogP contribution in [0.15, 0.2) is 29.2 Å². The van der Waals surface area contributed by atoms with E-state index in [-0.39, 0.29) is 41.8 Å². The summed E-state index contributed by atoms with van der Waals surface area (Å²) in [6.07, 6.45) is -1.07. The number of alkyl halides is 4. The first-order valence-corrected chi connectivity index (χ1v) is 10.5. The molecule has 2 N–H and O–H groups in total. The van der Waals surface area contributed by atoms with Gasteiger partial charge in [0.05, 0.1) is 22.7 Å². The third kappa shape index (κ3) is 3.16. The van der Waals surface area contributed by atoms with Crippen LogP contribution in [0.2, 0.25) is 0 Å². The molecule has 1 fully saturated rings. The summed E-state index contributed by atoms with van der Waals surface area (Å²) < 4.78 is 74.4. The average molecular weight is 430 g/mol. The van der Waals surface area contributed by atoms with Crippen LogP contribution in [0.4, 0.5) is 23.5 Å². The number of aliphatic hydroxyl groups is 1. The molecule has 1 aliphatic carbocycles. The Bertz CT molecular complexity index is 1080. The van der Waals surface area contributed by atoms with Crippen LogP contribution in [-0.4, -0.2) is 43.7 Å². The summed E-state index contributed by atoms with van der Waals surface area (Å²) in [5, 5.41) is 9.74. The van der Waals surface area contributed by atoms with Gasteiger partial charge in [0.25, 0.3) is 5.92 Å². The number of nitrogens with zero attached hydrogens (tertiary/aromatic N) is 3. The van der Waals surface area contributed by atoms with Gasteiger partial charge in [-0.15, -0.1) is 0 Å². The van der Waals surface area contributed by atoms with Gasteiger partial charge in [-0.1, -0.05) is 12.1 Å². The molecule has 1 aromatic heterocycles. The number of hydrogen-bond donors (Lipinski definition) is 2. The summed E-state index contributed by atoms with van der Waals surface area (Å²) in [5.74, 6) is -6.51. The smallest absolute Gasteiger partial charge is 0.323 e. The summed E-state index contributed by atoms with van der Waals surface area (Å²) in [7, 11) is -4.35. The van der Waals surface area contributed by atoms with Crippen LogP contribution < -0.4 is 4.90 Å². The minimum Gasteiger partial charge on any atom is -0.389 e. The number of fused-ring (bicyclic) bond motifs is 1. The van der Waals surface area contributed by atoms with Gasteiger partial charge in [-0.2, -0.15) is 17.6 Å². The number of benzene rings is 1. The lowest BCUT2D eigenvalue weighted by Crippen LogP contribution is -2.59. The van der Waals surface area contributed by atoms with Crippen molar-refractivity contribution in [1.29, 1.82) is 4.78 Å². The van der Waals surface area contributed by atoms with Crippen molar-refractivity contribution in [1.82, 2.24) is 9.97 Å². The topological polar surface area (TPSA) is 90.2 Å². The van der Waals surface area contributed by atoms with Crippen LogP contribution in [0.1, 0.15) is 24.6 Å². The van der Waals surface area contributed by atoms with Gasteiger partial charge in [-0.25, -0.2) is 19.0 Å². The SMILES string of the molecule is C[C@H]1[C@H](O)CN1c1nc(-c2cccc(S(=N)(=O)C(F)F)c2)c2c(n1)C(F)(F)CC2. The molecule has 1 aliphatic heterocycles. The fourth-order valence-corrected chi connectivity index (χ4v) is 4.36. The number of nitrogens with one attached hydrogen (secondary N) is 1. The number of anilines is 1. The van der Waals surface area contributed by atoms with E-state index in [9.17, 15) is 26.9 Å². The van der Waals surface area contributed by atoms with E-state index in [1.54, 1.807) is 11.8 Å². The lowest BCUT2D eigenvalue weighted by Gasteiger charge is -2.43. The molecule has 156 valence electrons. The van der Waals surface area contributed by atoms with Gasteiger partial charge in [0.2, 0.25) is 5.95 Å². The molecule has 6 nitrogen and oxygen atoms in total. The van der Waals surface area contributed by atoms with Gasteiger partial charge >= 0.3 is 5.76 Å². The average Bonchev–Trinajstić information content (AvgIpc) is 2.99. The number of aliphatic hydroxyl groups excluding tert-OH is 1. The van der Waals surface area contributed by atoms with Crippen LogP contribution in [0.3, 0.4) is 0 Å². The van der Waals surface area contributed by atoms with Gasteiger partial charge in [0.15, 0.2) is 0 Å². The van der Waals surface area contributed by atoms with Crippen molar-refractivity contribution in [3.05, 3.63) is 35.5 Å². The highest BCUT2D eigenvalue weighted by Gasteiger charge is 2.45. The van der Waals surface area contributed by atoms with Gasteiger partial charge in [-0.05, 0) is 25.5 Å². The van der Waals surface area contributed by atoms with E-state index in [1.165, 1.54) is 12.1 Å². The van der Waals surface area contributed by atoms with E-state index in [4.69, 9.17) is 4.78 Å². The number of β-amino-alcohol motifs (C(OH)–C–C–N with tert-alkyl or cyclic N) is 1. The van der Waals surface area contributed by atoms with Crippen molar-refractivity contribution in [2.24, 2.45) is 0 Å². The zero-order valence-electron chi connectivity index (χ0n) is 15.3. The normalized spacial score (nSPS) is 24.9. The second kappa shape index (κ2) is 6.63. The summed E-state index contributed by atoms with van der Waals surface area (Å²) in [6.45, 7) is 1.90. The van der Waals surface area contributed by atoms with Crippen LogP contribution in [0.5, 0.6) is 0 Å².